The second-order valence-electron chi connectivity index (χ2n) is 8.75. The molecule has 3 aromatic rings. The Labute approximate surface area is 208 Å². The van der Waals surface area contributed by atoms with Gasteiger partial charge >= 0.3 is 6.18 Å². The summed E-state index contributed by atoms with van der Waals surface area (Å²) in [6, 6.07) is 5.44. The number of hydrogen-bond acceptors (Lipinski definition) is 8. The zero-order valence-corrected chi connectivity index (χ0v) is 20.2. The molecule has 2 amide bonds. The molecule has 37 heavy (non-hydrogen) atoms. The maximum atomic E-state index is 13.1. The summed E-state index contributed by atoms with van der Waals surface area (Å²) in [6.07, 6.45) is -1.61. The van der Waals surface area contributed by atoms with E-state index in [0.29, 0.717) is 0 Å². The molecule has 0 spiro atoms. The minimum absolute atomic E-state index is 0.0411. The SMILES string of the molecule is CC1(NC(=O)c2nc3ccc(Oc4ncccc4OCC(F)(F)F)cn3c2C(N)=O)CCS(=O)(=O)CC1. The third-order valence-corrected chi connectivity index (χ3v) is 7.38. The van der Waals surface area contributed by atoms with Crippen molar-refractivity contribution in [1.82, 2.24) is 19.7 Å². The van der Waals surface area contributed by atoms with Crippen LogP contribution in [0.5, 0.6) is 17.4 Å². The average molecular weight is 542 g/mol. The zero-order valence-electron chi connectivity index (χ0n) is 19.4. The standard InChI is InChI=1S/C22H22F3N5O6S/c1-21(6-9-37(33,34)10-7-21)29-19(32)16-17(18(26)31)30-11-13(4-5-15(30)28-16)36-20-14(3-2-8-27-20)35-12-22(23,24)25/h2-5,8,11H,6-7,9-10,12H2,1H3,(H2,26,31)(H,29,32). The number of alkyl halides is 3. The van der Waals surface area contributed by atoms with Crippen LogP contribution in [0.4, 0.5) is 13.2 Å². The summed E-state index contributed by atoms with van der Waals surface area (Å²) >= 11 is 0. The molecule has 11 nitrogen and oxygen atoms in total. The topological polar surface area (TPSA) is 155 Å². The zero-order chi connectivity index (χ0) is 27.0. The molecule has 1 aliphatic rings. The predicted octanol–water partition coefficient (Wildman–Crippen LogP) is 2.26. The Bertz CT molecular complexity index is 1460. The number of nitrogens with zero attached hydrogens (tertiary/aromatic N) is 3. The summed E-state index contributed by atoms with van der Waals surface area (Å²) in [6.45, 7) is 0.154. The molecule has 4 rings (SSSR count). The van der Waals surface area contributed by atoms with Crippen LogP contribution in [0.3, 0.4) is 0 Å². The number of halogens is 3. The van der Waals surface area contributed by atoms with Crippen LogP contribution in [0.2, 0.25) is 0 Å². The highest BCUT2D eigenvalue weighted by molar-refractivity contribution is 7.91. The number of imidazole rings is 1. The summed E-state index contributed by atoms with van der Waals surface area (Å²) < 4.78 is 72.8. The Kier molecular flexibility index (Phi) is 6.75. The fourth-order valence-electron chi connectivity index (χ4n) is 3.76. The number of sulfone groups is 1. The average Bonchev–Trinajstić information content (AvgIpc) is 3.20. The monoisotopic (exact) mass is 541 g/mol. The van der Waals surface area contributed by atoms with Gasteiger partial charge in [0.1, 0.15) is 26.9 Å². The smallest absolute Gasteiger partial charge is 0.422 e. The van der Waals surface area contributed by atoms with Crippen molar-refractivity contribution in [1.29, 1.82) is 0 Å². The molecule has 1 aliphatic heterocycles. The number of hydrogen-bond donors (Lipinski definition) is 2. The molecule has 3 aromatic heterocycles. The quantitative estimate of drug-likeness (QED) is 0.462. The predicted molar refractivity (Wildman–Crippen MR) is 123 cm³/mol. The number of nitrogens with two attached hydrogens (primary N) is 1. The molecule has 0 aromatic carbocycles. The highest BCUT2D eigenvalue weighted by Crippen LogP contribution is 2.31. The van der Waals surface area contributed by atoms with Crippen molar-refractivity contribution in [3.63, 3.8) is 0 Å². The highest BCUT2D eigenvalue weighted by Gasteiger charge is 2.36. The summed E-state index contributed by atoms with van der Waals surface area (Å²) in [5, 5.41) is 2.76. The van der Waals surface area contributed by atoms with Gasteiger partial charge in [-0.1, -0.05) is 0 Å². The van der Waals surface area contributed by atoms with Crippen molar-refractivity contribution < 1.29 is 40.7 Å². The first kappa shape index (κ1) is 26.2. The molecule has 0 atom stereocenters. The number of carbonyl (C=O) groups is 2. The van der Waals surface area contributed by atoms with E-state index in [1.807, 2.05) is 0 Å². The van der Waals surface area contributed by atoms with Gasteiger partial charge in [0.25, 0.3) is 17.7 Å². The van der Waals surface area contributed by atoms with Gasteiger partial charge in [-0.15, -0.1) is 0 Å². The normalized spacial score (nSPS) is 16.8. The number of primary amides is 1. The number of fused-ring (bicyclic) bond motifs is 1. The van der Waals surface area contributed by atoms with E-state index in [9.17, 15) is 31.2 Å². The lowest BCUT2D eigenvalue weighted by molar-refractivity contribution is -0.153. The first-order valence-electron chi connectivity index (χ1n) is 10.9. The van der Waals surface area contributed by atoms with E-state index in [1.54, 1.807) is 6.92 Å². The van der Waals surface area contributed by atoms with Crippen molar-refractivity contribution in [2.45, 2.75) is 31.5 Å². The van der Waals surface area contributed by atoms with Gasteiger partial charge in [-0.25, -0.2) is 18.4 Å². The molecule has 0 unspecified atom stereocenters. The number of pyridine rings is 2. The number of aromatic nitrogens is 3. The molecule has 0 saturated carbocycles. The second kappa shape index (κ2) is 9.53. The van der Waals surface area contributed by atoms with Gasteiger partial charge in [-0.05, 0) is 44.0 Å². The van der Waals surface area contributed by atoms with Crippen molar-refractivity contribution >= 4 is 27.3 Å². The van der Waals surface area contributed by atoms with E-state index in [0.717, 1.165) is 0 Å². The van der Waals surface area contributed by atoms with E-state index in [1.165, 1.54) is 41.1 Å². The number of ether oxygens (including phenoxy) is 2. The second-order valence-corrected chi connectivity index (χ2v) is 11.0. The molecule has 15 heteroatoms. The maximum Gasteiger partial charge on any atom is 0.422 e. The fraction of sp³-hybridized carbons (Fsp3) is 0.364. The van der Waals surface area contributed by atoms with Gasteiger partial charge in [0, 0.05) is 11.7 Å². The highest BCUT2D eigenvalue weighted by atomic mass is 32.2. The van der Waals surface area contributed by atoms with Crippen LogP contribution < -0.4 is 20.5 Å². The molecule has 1 fully saturated rings. The summed E-state index contributed by atoms with van der Waals surface area (Å²) in [5.41, 5.74) is 4.33. The largest absolute Gasteiger partial charge is 0.478 e. The van der Waals surface area contributed by atoms with E-state index < -0.39 is 40.0 Å². The van der Waals surface area contributed by atoms with Gasteiger partial charge in [0.15, 0.2) is 18.1 Å². The maximum absolute atomic E-state index is 13.1. The minimum Gasteiger partial charge on any atom is -0.478 e. The van der Waals surface area contributed by atoms with E-state index in [-0.39, 0.29) is 58.8 Å². The molecular formula is C22H22F3N5O6S. The number of rotatable bonds is 7. The lowest BCUT2D eigenvalue weighted by Gasteiger charge is -2.34. The first-order valence-corrected chi connectivity index (χ1v) is 12.7. The van der Waals surface area contributed by atoms with Gasteiger partial charge in [0.05, 0.1) is 17.7 Å². The third-order valence-electron chi connectivity index (χ3n) is 5.73. The lowest BCUT2D eigenvalue weighted by atomic mass is 9.94. The fourth-order valence-corrected chi connectivity index (χ4v) is 5.49. The minimum atomic E-state index is -4.57. The van der Waals surface area contributed by atoms with Crippen LogP contribution in [0.1, 0.15) is 40.7 Å². The molecule has 0 aliphatic carbocycles. The number of nitrogens with one attached hydrogen (secondary N) is 1. The van der Waals surface area contributed by atoms with Crippen molar-refractivity contribution in [3.05, 3.63) is 48.0 Å². The Morgan fingerprint density at radius 1 is 1.22 bits per heavy atom. The van der Waals surface area contributed by atoms with Crippen LogP contribution in [-0.2, 0) is 9.84 Å². The van der Waals surface area contributed by atoms with Gasteiger partial charge in [-0.3, -0.25) is 14.0 Å². The Morgan fingerprint density at radius 3 is 2.57 bits per heavy atom. The van der Waals surface area contributed by atoms with Crippen LogP contribution in [0, 0.1) is 0 Å². The van der Waals surface area contributed by atoms with Gasteiger partial charge in [0.2, 0.25) is 0 Å². The molecule has 4 heterocycles. The number of carbonyl (C=O) groups excluding carboxylic acids is 2. The number of amides is 2. The van der Waals surface area contributed by atoms with Crippen molar-refractivity contribution in [2.24, 2.45) is 5.73 Å². The van der Waals surface area contributed by atoms with Gasteiger partial charge in [-0.2, -0.15) is 13.2 Å². The summed E-state index contributed by atoms with van der Waals surface area (Å²) in [4.78, 5) is 33.4. The van der Waals surface area contributed by atoms with E-state index >= 15 is 0 Å². The molecule has 0 bridgehead atoms. The molecular weight excluding hydrogens is 519 g/mol. The van der Waals surface area contributed by atoms with Crippen LogP contribution in [-0.4, -0.2) is 64.4 Å². The molecule has 3 N–H and O–H groups in total. The summed E-state index contributed by atoms with van der Waals surface area (Å²) in [7, 11) is -3.17. The van der Waals surface area contributed by atoms with E-state index in [4.69, 9.17) is 15.2 Å². The lowest BCUT2D eigenvalue weighted by Crippen LogP contribution is -2.51. The van der Waals surface area contributed by atoms with Crippen LogP contribution >= 0.6 is 0 Å². The summed E-state index contributed by atoms with van der Waals surface area (Å²) in [5.74, 6) is -2.33. The molecule has 1 saturated heterocycles. The van der Waals surface area contributed by atoms with Gasteiger partial charge < -0.3 is 20.5 Å². The van der Waals surface area contributed by atoms with Crippen LogP contribution in [0.15, 0.2) is 36.7 Å². The third kappa shape index (κ3) is 6.10. The Balaban J connectivity index is 1.62. The Morgan fingerprint density at radius 2 is 1.92 bits per heavy atom. The van der Waals surface area contributed by atoms with E-state index in [2.05, 4.69) is 15.3 Å². The van der Waals surface area contributed by atoms with Crippen LogP contribution in [0.25, 0.3) is 5.65 Å². The van der Waals surface area contributed by atoms with Crippen molar-refractivity contribution in [3.8, 4) is 17.4 Å². The molecule has 198 valence electrons. The molecule has 0 radical (unpaired) electrons. The van der Waals surface area contributed by atoms with Crippen molar-refractivity contribution in [2.75, 3.05) is 18.1 Å². The first-order chi connectivity index (χ1) is 17.3. The Hall–Kier alpha value is -3.88.